The van der Waals surface area contributed by atoms with E-state index in [9.17, 15) is 14.7 Å². The highest BCUT2D eigenvalue weighted by Crippen LogP contribution is 2.16. The molecule has 0 saturated carbocycles. The van der Waals surface area contributed by atoms with Crippen LogP contribution in [-0.4, -0.2) is 30.2 Å². The number of nitrogens with zero attached hydrogens (tertiary/aromatic N) is 3. The fourth-order valence-electron chi connectivity index (χ4n) is 2.45. The summed E-state index contributed by atoms with van der Waals surface area (Å²) < 4.78 is 3.32. The van der Waals surface area contributed by atoms with Crippen LogP contribution in [0, 0.1) is 0 Å². The van der Waals surface area contributed by atoms with Crippen LogP contribution in [0.5, 0.6) is 0 Å². The number of H-pyrrole nitrogens is 1. The van der Waals surface area contributed by atoms with Crippen LogP contribution in [-0.2, 0) is 20.0 Å². The molecule has 1 aromatic carbocycles. The number of nitrogens with one attached hydrogen (secondary N) is 1. The normalized spacial score (nSPS) is 11.1. The zero-order chi connectivity index (χ0) is 15.0. The molecule has 2 aromatic heterocycles. The van der Waals surface area contributed by atoms with E-state index in [1.165, 1.54) is 10.6 Å². The van der Waals surface area contributed by atoms with Gasteiger partial charge >= 0.3 is 11.7 Å². The van der Waals surface area contributed by atoms with Crippen molar-refractivity contribution in [3.63, 3.8) is 0 Å². The van der Waals surface area contributed by atoms with Crippen LogP contribution < -0.4 is 5.69 Å². The number of fused-ring (bicyclic) bond motifs is 1. The summed E-state index contributed by atoms with van der Waals surface area (Å²) in [5, 5.41) is 9.27. The van der Waals surface area contributed by atoms with Gasteiger partial charge in [-0.25, -0.2) is 14.6 Å². The molecular formula is C14H14N4O3. The number of carboxylic acids is 1. The number of hydrogen-bond acceptors (Lipinski definition) is 3. The summed E-state index contributed by atoms with van der Waals surface area (Å²) in [5.41, 5.74) is 0.752. The van der Waals surface area contributed by atoms with Crippen molar-refractivity contribution in [2.24, 2.45) is 7.05 Å². The molecule has 0 aliphatic carbocycles. The van der Waals surface area contributed by atoms with Crippen LogP contribution in [0.1, 0.15) is 16.2 Å². The number of hydrogen-bond donors (Lipinski definition) is 2. The zero-order valence-electron chi connectivity index (χ0n) is 11.4. The number of aromatic amines is 1. The molecule has 0 fully saturated rings. The molecule has 0 radical (unpaired) electrons. The van der Waals surface area contributed by atoms with Crippen molar-refractivity contribution in [1.82, 2.24) is 19.1 Å². The van der Waals surface area contributed by atoms with Gasteiger partial charge in [-0.1, -0.05) is 6.07 Å². The van der Waals surface area contributed by atoms with E-state index in [4.69, 9.17) is 0 Å². The van der Waals surface area contributed by atoms with Gasteiger partial charge in [-0.05, 0) is 12.1 Å². The quantitative estimate of drug-likeness (QED) is 0.748. The second-order valence-corrected chi connectivity index (χ2v) is 4.79. The van der Waals surface area contributed by atoms with Gasteiger partial charge in [0.15, 0.2) is 0 Å². The largest absolute Gasteiger partial charge is 0.478 e. The smallest absolute Gasteiger partial charge is 0.337 e. The third kappa shape index (κ3) is 2.22. The van der Waals surface area contributed by atoms with Crippen LogP contribution in [0.25, 0.3) is 11.0 Å². The molecule has 108 valence electrons. The van der Waals surface area contributed by atoms with Gasteiger partial charge in [0.2, 0.25) is 0 Å². The highest BCUT2D eigenvalue weighted by Gasteiger charge is 2.15. The first-order valence-electron chi connectivity index (χ1n) is 6.49. The summed E-state index contributed by atoms with van der Waals surface area (Å²) >= 11 is 0. The van der Waals surface area contributed by atoms with Gasteiger partial charge in [0.25, 0.3) is 0 Å². The maximum absolute atomic E-state index is 12.0. The molecular weight excluding hydrogens is 272 g/mol. The van der Waals surface area contributed by atoms with Gasteiger partial charge in [-0.2, -0.15) is 0 Å². The maximum Gasteiger partial charge on any atom is 0.337 e. The number of benzene rings is 1. The highest BCUT2D eigenvalue weighted by molar-refractivity contribution is 6.01. The number of carbonyl (C=O) groups is 1. The molecule has 0 aliphatic heterocycles. The minimum Gasteiger partial charge on any atom is -0.478 e. The Labute approximate surface area is 119 Å². The minimum atomic E-state index is -1.05. The van der Waals surface area contributed by atoms with Gasteiger partial charge in [-0.3, -0.25) is 4.57 Å². The summed E-state index contributed by atoms with van der Waals surface area (Å²) in [4.78, 5) is 30.3. The molecule has 2 heterocycles. The lowest BCUT2D eigenvalue weighted by molar-refractivity contribution is 0.0698. The van der Waals surface area contributed by atoms with Crippen molar-refractivity contribution in [2.45, 2.75) is 13.0 Å². The second kappa shape index (κ2) is 4.93. The molecule has 0 spiro atoms. The Bertz CT molecular complexity index is 872. The van der Waals surface area contributed by atoms with Crippen molar-refractivity contribution < 1.29 is 9.90 Å². The van der Waals surface area contributed by atoms with Crippen LogP contribution in [0.3, 0.4) is 0 Å². The van der Waals surface area contributed by atoms with Gasteiger partial charge in [0, 0.05) is 32.4 Å². The van der Waals surface area contributed by atoms with E-state index >= 15 is 0 Å². The number of aryl methyl sites for hydroxylation is 3. The predicted molar refractivity (Wildman–Crippen MR) is 76.4 cm³/mol. The summed E-state index contributed by atoms with van der Waals surface area (Å²) in [7, 11) is 1.88. The molecule has 0 unspecified atom stereocenters. The van der Waals surface area contributed by atoms with Crippen LogP contribution >= 0.6 is 0 Å². The molecule has 3 rings (SSSR count). The average molecular weight is 286 g/mol. The molecule has 7 heteroatoms. The van der Waals surface area contributed by atoms with E-state index in [1.54, 1.807) is 18.3 Å². The van der Waals surface area contributed by atoms with E-state index < -0.39 is 5.97 Å². The summed E-state index contributed by atoms with van der Waals surface area (Å²) in [6.07, 6.45) is 4.07. The van der Waals surface area contributed by atoms with Crippen LogP contribution in [0.15, 0.2) is 35.4 Å². The first-order chi connectivity index (χ1) is 10.1. The summed E-state index contributed by atoms with van der Waals surface area (Å²) in [6, 6.07) is 4.81. The van der Waals surface area contributed by atoms with Gasteiger partial charge < -0.3 is 14.7 Å². The highest BCUT2D eigenvalue weighted by atomic mass is 16.4. The maximum atomic E-state index is 12.0. The molecule has 0 aliphatic rings. The Kier molecular flexibility index (Phi) is 3.09. The van der Waals surface area contributed by atoms with Crippen LogP contribution in [0.4, 0.5) is 0 Å². The van der Waals surface area contributed by atoms with Gasteiger partial charge in [0.1, 0.15) is 5.82 Å². The van der Waals surface area contributed by atoms with Crippen LogP contribution in [0.2, 0.25) is 0 Å². The molecule has 0 amide bonds. The van der Waals surface area contributed by atoms with E-state index in [2.05, 4.69) is 9.97 Å². The van der Waals surface area contributed by atoms with E-state index in [0.29, 0.717) is 24.0 Å². The minimum absolute atomic E-state index is 0.116. The third-order valence-corrected chi connectivity index (χ3v) is 3.50. The fraction of sp³-hybridized carbons (Fsp3) is 0.214. The molecule has 0 atom stereocenters. The topological polar surface area (TPSA) is 92.9 Å². The number of para-hydroxylation sites is 1. The number of aromatic carboxylic acids is 1. The van der Waals surface area contributed by atoms with Gasteiger partial charge in [0.05, 0.1) is 16.6 Å². The Morgan fingerprint density at radius 1 is 1.43 bits per heavy atom. The SMILES string of the molecule is Cn1ccnc1CCn1c(=O)[nH]c2cccc(C(=O)O)c21. The number of rotatable bonds is 4. The average Bonchev–Trinajstić information content (AvgIpc) is 2.99. The van der Waals surface area contributed by atoms with Crippen molar-refractivity contribution in [2.75, 3.05) is 0 Å². The summed E-state index contributed by atoms with van der Waals surface area (Å²) in [5.74, 6) is -0.214. The molecule has 7 nitrogen and oxygen atoms in total. The standard InChI is InChI=1S/C14H14N4O3/c1-17-8-6-15-11(17)5-7-18-12-9(13(19)20)3-2-4-10(12)16-14(18)21/h2-4,6,8H,5,7H2,1H3,(H,16,21)(H,19,20). The second-order valence-electron chi connectivity index (χ2n) is 4.79. The van der Waals surface area contributed by atoms with Crippen molar-refractivity contribution in [3.8, 4) is 0 Å². The Morgan fingerprint density at radius 3 is 2.90 bits per heavy atom. The predicted octanol–water partition coefficient (Wildman–Crippen LogP) is 1.00. The lowest BCUT2D eigenvalue weighted by atomic mass is 10.2. The van der Waals surface area contributed by atoms with Crippen molar-refractivity contribution >= 4 is 17.0 Å². The lowest BCUT2D eigenvalue weighted by Gasteiger charge is -2.06. The molecule has 21 heavy (non-hydrogen) atoms. The van der Waals surface area contributed by atoms with Crippen molar-refractivity contribution in [1.29, 1.82) is 0 Å². The lowest BCUT2D eigenvalue weighted by Crippen LogP contribution is -2.19. The Hall–Kier alpha value is -2.83. The monoisotopic (exact) mass is 286 g/mol. The molecule has 3 aromatic rings. The number of imidazole rings is 2. The Morgan fingerprint density at radius 2 is 2.24 bits per heavy atom. The zero-order valence-corrected chi connectivity index (χ0v) is 11.4. The number of carboxylic acid groups (broad SMARTS) is 1. The van der Waals surface area contributed by atoms with Crippen molar-refractivity contribution in [3.05, 3.63) is 52.5 Å². The molecule has 2 N–H and O–H groups in total. The fourth-order valence-corrected chi connectivity index (χ4v) is 2.45. The number of aromatic nitrogens is 4. The first kappa shape index (κ1) is 13.2. The summed E-state index contributed by atoms with van der Waals surface area (Å²) in [6.45, 7) is 0.369. The molecule has 0 saturated heterocycles. The Balaban J connectivity index is 2.05. The van der Waals surface area contributed by atoms with E-state index in [0.717, 1.165) is 5.82 Å². The third-order valence-electron chi connectivity index (χ3n) is 3.50. The van der Waals surface area contributed by atoms with Gasteiger partial charge in [-0.15, -0.1) is 0 Å². The van der Waals surface area contributed by atoms with E-state index in [1.807, 2.05) is 17.8 Å². The van der Waals surface area contributed by atoms with E-state index in [-0.39, 0.29) is 11.3 Å². The first-order valence-corrected chi connectivity index (χ1v) is 6.49. The molecule has 0 bridgehead atoms.